The topological polar surface area (TPSA) is 91.0 Å². The van der Waals surface area contributed by atoms with Crippen LogP contribution in [-0.2, 0) is 21.4 Å². The Hall–Kier alpha value is -2.70. The maximum Gasteiger partial charge on any atom is 0.231 e. The van der Waals surface area contributed by atoms with Gasteiger partial charge in [-0.1, -0.05) is 6.07 Å². The second kappa shape index (κ2) is 7.90. The molecule has 7 heteroatoms. The van der Waals surface area contributed by atoms with E-state index in [2.05, 4.69) is 20.3 Å². The standard InChI is InChI=1S/C20H27N5O2/c1-14(24-19(27)20(2,3)17-11-22-13-23-17)16-6-8-25(12-16)18(26)9-15-5-4-7-21-10-15/h4-5,7,10-11,13-14,16H,6,8-9,12H2,1-3H3,(H,22,23)(H,24,27). The predicted molar refractivity (Wildman–Crippen MR) is 102 cm³/mol. The third kappa shape index (κ3) is 4.35. The number of nitrogens with one attached hydrogen (secondary N) is 2. The Morgan fingerprint density at radius 1 is 1.37 bits per heavy atom. The average molecular weight is 369 g/mol. The third-order valence-electron chi connectivity index (χ3n) is 5.46. The zero-order valence-electron chi connectivity index (χ0n) is 16.1. The fourth-order valence-electron chi connectivity index (χ4n) is 3.44. The molecule has 2 unspecified atom stereocenters. The van der Waals surface area contributed by atoms with Crippen LogP contribution in [0.3, 0.4) is 0 Å². The highest BCUT2D eigenvalue weighted by Crippen LogP contribution is 2.24. The molecule has 1 fully saturated rings. The number of hydrogen-bond donors (Lipinski definition) is 2. The van der Waals surface area contributed by atoms with Crippen molar-refractivity contribution < 1.29 is 9.59 Å². The molecule has 3 heterocycles. The molecule has 0 radical (unpaired) electrons. The van der Waals surface area contributed by atoms with E-state index in [1.165, 1.54) is 0 Å². The molecule has 3 rings (SSSR count). The minimum atomic E-state index is -0.681. The fraction of sp³-hybridized carbons (Fsp3) is 0.500. The summed E-state index contributed by atoms with van der Waals surface area (Å²) < 4.78 is 0. The molecule has 2 N–H and O–H groups in total. The number of imidazole rings is 1. The molecule has 2 aromatic rings. The van der Waals surface area contributed by atoms with Crippen LogP contribution in [-0.4, -0.2) is 50.8 Å². The maximum absolute atomic E-state index is 12.7. The van der Waals surface area contributed by atoms with Crippen LogP contribution >= 0.6 is 0 Å². The molecule has 7 nitrogen and oxygen atoms in total. The first-order valence-electron chi connectivity index (χ1n) is 9.34. The molecule has 144 valence electrons. The Bertz CT molecular complexity index is 773. The normalized spacial score (nSPS) is 18.3. The number of likely N-dealkylation sites (tertiary alicyclic amines) is 1. The van der Waals surface area contributed by atoms with Gasteiger partial charge < -0.3 is 15.2 Å². The first-order chi connectivity index (χ1) is 12.9. The van der Waals surface area contributed by atoms with Gasteiger partial charge >= 0.3 is 0 Å². The predicted octanol–water partition coefficient (Wildman–Crippen LogP) is 1.68. The van der Waals surface area contributed by atoms with Crippen molar-refractivity contribution in [3.05, 3.63) is 48.3 Å². The van der Waals surface area contributed by atoms with Crippen molar-refractivity contribution in [2.75, 3.05) is 13.1 Å². The molecular formula is C20H27N5O2. The first-order valence-corrected chi connectivity index (χ1v) is 9.34. The van der Waals surface area contributed by atoms with E-state index in [0.29, 0.717) is 13.0 Å². The van der Waals surface area contributed by atoms with Crippen LogP contribution in [0.1, 0.15) is 38.4 Å². The van der Waals surface area contributed by atoms with E-state index in [4.69, 9.17) is 0 Å². The number of carbonyl (C=O) groups is 2. The van der Waals surface area contributed by atoms with Gasteiger partial charge in [-0.15, -0.1) is 0 Å². The fourth-order valence-corrected chi connectivity index (χ4v) is 3.44. The largest absolute Gasteiger partial charge is 0.352 e. The highest BCUT2D eigenvalue weighted by molar-refractivity contribution is 5.87. The van der Waals surface area contributed by atoms with Crippen molar-refractivity contribution in [2.24, 2.45) is 5.92 Å². The number of rotatable bonds is 6. The highest BCUT2D eigenvalue weighted by atomic mass is 16.2. The van der Waals surface area contributed by atoms with Crippen molar-refractivity contribution in [3.63, 3.8) is 0 Å². The second-order valence-corrected chi connectivity index (χ2v) is 7.78. The van der Waals surface area contributed by atoms with Gasteiger partial charge in [-0.05, 0) is 44.7 Å². The molecule has 0 aliphatic carbocycles. The van der Waals surface area contributed by atoms with E-state index in [-0.39, 0.29) is 23.8 Å². The van der Waals surface area contributed by atoms with Gasteiger partial charge in [-0.25, -0.2) is 4.98 Å². The monoisotopic (exact) mass is 369 g/mol. The summed E-state index contributed by atoms with van der Waals surface area (Å²) >= 11 is 0. The van der Waals surface area contributed by atoms with Gasteiger partial charge in [0.15, 0.2) is 0 Å². The van der Waals surface area contributed by atoms with Crippen LogP contribution in [0.2, 0.25) is 0 Å². The Labute approximate surface area is 159 Å². The lowest BCUT2D eigenvalue weighted by Gasteiger charge is -2.27. The van der Waals surface area contributed by atoms with E-state index in [1.807, 2.05) is 37.8 Å². The number of carbonyl (C=O) groups excluding carboxylic acids is 2. The summed E-state index contributed by atoms with van der Waals surface area (Å²) in [6.45, 7) is 7.17. The zero-order valence-corrected chi connectivity index (χ0v) is 16.1. The van der Waals surface area contributed by atoms with Gasteiger partial charge in [0.2, 0.25) is 11.8 Å². The minimum absolute atomic E-state index is 0.00381. The second-order valence-electron chi connectivity index (χ2n) is 7.78. The number of pyridine rings is 1. The van der Waals surface area contributed by atoms with E-state index in [9.17, 15) is 9.59 Å². The van der Waals surface area contributed by atoms with Crippen molar-refractivity contribution in [1.29, 1.82) is 0 Å². The lowest BCUT2D eigenvalue weighted by Crippen LogP contribution is -2.47. The van der Waals surface area contributed by atoms with Crippen molar-refractivity contribution in [1.82, 2.24) is 25.2 Å². The molecular weight excluding hydrogens is 342 g/mol. The molecule has 1 aliphatic heterocycles. The van der Waals surface area contributed by atoms with Crippen LogP contribution < -0.4 is 5.32 Å². The number of nitrogens with zero attached hydrogens (tertiary/aromatic N) is 3. The Morgan fingerprint density at radius 2 is 2.19 bits per heavy atom. The Morgan fingerprint density at radius 3 is 2.85 bits per heavy atom. The first kappa shape index (κ1) is 19.1. The van der Waals surface area contributed by atoms with E-state index < -0.39 is 5.41 Å². The third-order valence-corrected chi connectivity index (χ3v) is 5.46. The van der Waals surface area contributed by atoms with Gasteiger partial charge in [0, 0.05) is 43.4 Å². The zero-order chi connectivity index (χ0) is 19.4. The van der Waals surface area contributed by atoms with Crippen LogP contribution in [0, 0.1) is 5.92 Å². The molecule has 2 atom stereocenters. The van der Waals surface area contributed by atoms with Crippen LogP contribution in [0.4, 0.5) is 0 Å². The summed E-state index contributed by atoms with van der Waals surface area (Å²) in [4.78, 5) is 38.2. The van der Waals surface area contributed by atoms with Gasteiger partial charge in [0.05, 0.1) is 18.2 Å². The SMILES string of the molecule is CC(NC(=O)C(C)(C)c1cnc[nH]1)C1CCN(C(=O)Cc2cccnc2)C1. The van der Waals surface area contributed by atoms with Crippen molar-refractivity contribution in [3.8, 4) is 0 Å². The number of amides is 2. The molecule has 0 spiro atoms. The number of aromatic amines is 1. The summed E-state index contributed by atoms with van der Waals surface area (Å²) in [5.41, 5.74) is 1.03. The van der Waals surface area contributed by atoms with Gasteiger partial charge in [0.1, 0.15) is 0 Å². The molecule has 0 saturated carbocycles. The minimum Gasteiger partial charge on any atom is -0.352 e. The van der Waals surface area contributed by atoms with E-state index >= 15 is 0 Å². The smallest absolute Gasteiger partial charge is 0.231 e. The molecule has 2 amide bonds. The quantitative estimate of drug-likeness (QED) is 0.810. The van der Waals surface area contributed by atoms with E-state index in [0.717, 1.165) is 24.2 Å². The lowest BCUT2D eigenvalue weighted by molar-refractivity contribution is -0.129. The highest BCUT2D eigenvalue weighted by Gasteiger charge is 2.35. The molecule has 2 aromatic heterocycles. The molecule has 1 saturated heterocycles. The van der Waals surface area contributed by atoms with Crippen LogP contribution in [0.25, 0.3) is 0 Å². The summed E-state index contributed by atoms with van der Waals surface area (Å²) in [6.07, 6.45) is 7.95. The average Bonchev–Trinajstić information content (AvgIpc) is 3.34. The van der Waals surface area contributed by atoms with Crippen molar-refractivity contribution in [2.45, 2.75) is 45.1 Å². The van der Waals surface area contributed by atoms with Crippen LogP contribution in [0.15, 0.2) is 37.1 Å². The van der Waals surface area contributed by atoms with Crippen molar-refractivity contribution >= 4 is 11.8 Å². The summed E-state index contributed by atoms with van der Waals surface area (Å²) in [5.74, 6) is 0.325. The summed E-state index contributed by atoms with van der Waals surface area (Å²) in [5, 5.41) is 3.12. The number of hydrogen-bond acceptors (Lipinski definition) is 4. The molecule has 1 aliphatic rings. The summed E-state index contributed by atoms with van der Waals surface area (Å²) in [6, 6.07) is 3.75. The van der Waals surface area contributed by atoms with Gasteiger partial charge in [0.25, 0.3) is 0 Å². The lowest BCUT2D eigenvalue weighted by atomic mass is 9.87. The number of aromatic nitrogens is 3. The van der Waals surface area contributed by atoms with Gasteiger partial charge in [-0.3, -0.25) is 14.6 Å². The molecule has 27 heavy (non-hydrogen) atoms. The summed E-state index contributed by atoms with van der Waals surface area (Å²) in [7, 11) is 0. The Balaban J connectivity index is 1.53. The maximum atomic E-state index is 12.7. The molecule has 0 bridgehead atoms. The number of H-pyrrole nitrogens is 1. The van der Waals surface area contributed by atoms with E-state index in [1.54, 1.807) is 24.9 Å². The molecule has 0 aromatic carbocycles. The van der Waals surface area contributed by atoms with Crippen LogP contribution in [0.5, 0.6) is 0 Å². The van der Waals surface area contributed by atoms with Gasteiger partial charge in [-0.2, -0.15) is 0 Å². The Kier molecular flexibility index (Phi) is 5.58.